The summed E-state index contributed by atoms with van der Waals surface area (Å²) in [5.74, 6) is -1.50. The van der Waals surface area contributed by atoms with Crippen molar-refractivity contribution in [1.82, 2.24) is 14.7 Å². The Kier molecular flexibility index (Phi) is 13.0. The van der Waals surface area contributed by atoms with E-state index in [0.717, 1.165) is 26.1 Å². The maximum Gasteiger partial charge on any atom is 0.319 e. The lowest BCUT2D eigenvalue weighted by molar-refractivity contribution is -0.295. The van der Waals surface area contributed by atoms with Crippen molar-refractivity contribution in [2.45, 2.75) is 116 Å². The fourth-order valence-corrected chi connectivity index (χ4v) is 7.74. The van der Waals surface area contributed by atoms with Gasteiger partial charge < -0.3 is 29.0 Å². The third kappa shape index (κ3) is 8.63. The number of carbonyl (C=O) groups excluding carboxylic acids is 2. The van der Waals surface area contributed by atoms with Crippen LogP contribution in [0.5, 0.6) is 0 Å². The van der Waals surface area contributed by atoms with Crippen LogP contribution < -0.4 is 0 Å². The molecule has 3 aliphatic heterocycles. The van der Waals surface area contributed by atoms with Gasteiger partial charge in [-0.2, -0.15) is 0 Å². The number of esters is 1. The van der Waals surface area contributed by atoms with Crippen LogP contribution in [0.4, 0.5) is 0 Å². The summed E-state index contributed by atoms with van der Waals surface area (Å²) in [6, 6.07) is -0.314. The zero-order chi connectivity index (χ0) is 33.9. The first-order valence-electron chi connectivity index (χ1n) is 16.6. The van der Waals surface area contributed by atoms with Crippen molar-refractivity contribution >= 4 is 11.8 Å². The largest absolute Gasteiger partial charge is 0.460 e. The van der Waals surface area contributed by atoms with E-state index >= 15 is 0 Å². The first-order valence-corrected chi connectivity index (χ1v) is 16.6. The van der Waals surface area contributed by atoms with Crippen LogP contribution in [-0.2, 0) is 28.5 Å². The number of likely N-dealkylation sites (N-methyl/N-ethyl adjacent to an activating group) is 2. The Balaban J connectivity index is 2.02. The van der Waals surface area contributed by atoms with Gasteiger partial charge in [-0.15, -0.1) is 6.58 Å². The molecule has 0 radical (unpaired) electrons. The summed E-state index contributed by atoms with van der Waals surface area (Å²) < 4.78 is 25.2. The second kappa shape index (κ2) is 15.5. The zero-order valence-corrected chi connectivity index (χ0v) is 29.7. The Labute approximate surface area is 272 Å². The number of ketones is 1. The molecule has 0 aromatic heterocycles. The number of aliphatic hydroxyl groups is 1. The molecule has 3 heterocycles. The number of aliphatic hydroxyl groups excluding tert-OH is 1. The summed E-state index contributed by atoms with van der Waals surface area (Å²) in [6.45, 7) is 20.2. The molecule has 0 bridgehead atoms. The van der Waals surface area contributed by atoms with Crippen LogP contribution in [0.1, 0.15) is 67.7 Å². The van der Waals surface area contributed by atoms with Crippen LogP contribution >= 0.6 is 0 Å². The van der Waals surface area contributed by atoms with Gasteiger partial charge in [-0.25, -0.2) is 0 Å². The summed E-state index contributed by atoms with van der Waals surface area (Å²) >= 11 is 0. The second-order valence-corrected chi connectivity index (χ2v) is 14.8. The molecule has 0 spiro atoms. The van der Waals surface area contributed by atoms with E-state index in [4.69, 9.17) is 18.9 Å². The van der Waals surface area contributed by atoms with Gasteiger partial charge in [0.1, 0.15) is 17.6 Å². The monoisotopic (exact) mass is 635 g/mol. The van der Waals surface area contributed by atoms with E-state index < -0.39 is 47.5 Å². The van der Waals surface area contributed by atoms with Gasteiger partial charge >= 0.3 is 5.97 Å². The van der Waals surface area contributed by atoms with Crippen molar-refractivity contribution in [3.8, 4) is 0 Å². The maximum absolute atomic E-state index is 14.3. The predicted molar refractivity (Wildman–Crippen MR) is 176 cm³/mol. The molecule has 3 aliphatic rings. The SMILES string of the molecule is C=CCN1CC=C(C2[C@@H](C)OC(=O)C(C)(C)C(=O)[C@H](C)[C@@H](O[C@@H]3O[C@H](C)C[C@H](N(C)C)[C@H]3O)[C@](C)(OC)C[C@@H](C)CN2C)CC1. The number of hydrogen-bond donors (Lipinski definition) is 1. The molecule has 0 saturated carbocycles. The Bertz CT molecular complexity index is 1060. The number of Topliss-reactive ketones (excluding diaryl/α,β-unsaturated/α-hetero) is 1. The Hall–Kier alpha value is -1.66. The van der Waals surface area contributed by atoms with Crippen molar-refractivity contribution in [3.63, 3.8) is 0 Å². The maximum atomic E-state index is 14.3. The minimum absolute atomic E-state index is 0.125. The highest BCUT2D eigenvalue weighted by Crippen LogP contribution is 2.39. The molecule has 1 N–H and O–H groups in total. The number of nitrogens with zero attached hydrogens (tertiary/aromatic N) is 3. The normalized spacial score (nSPS) is 39.8. The Morgan fingerprint density at radius 2 is 1.84 bits per heavy atom. The molecule has 10 nitrogen and oxygen atoms in total. The summed E-state index contributed by atoms with van der Waals surface area (Å²) in [4.78, 5) is 34.7. The molecule has 258 valence electrons. The lowest BCUT2D eigenvalue weighted by Crippen LogP contribution is -2.59. The van der Waals surface area contributed by atoms with E-state index in [2.05, 4.69) is 36.4 Å². The molecular weight excluding hydrogens is 574 g/mol. The minimum Gasteiger partial charge on any atom is -0.460 e. The van der Waals surface area contributed by atoms with Crippen LogP contribution in [0.15, 0.2) is 24.3 Å². The van der Waals surface area contributed by atoms with E-state index in [-0.39, 0.29) is 29.9 Å². The Morgan fingerprint density at radius 1 is 1.18 bits per heavy atom. The molecular formula is C35H61N3O7. The highest BCUT2D eigenvalue weighted by atomic mass is 16.7. The predicted octanol–water partition coefficient (Wildman–Crippen LogP) is 3.52. The summed E-state index contributed by atoms with van der Waals surface area (Å²) in [5, 5.41) is 11.3. The second-order valence-electron chi connectivity index (χ2n) is 14.8. The molecule has 45 heavy (non-hydrogen) atoms. The van der Waals surface area contributed by atoms with Crippen molar-refractivity contribution in [2.75, 3.05) is 54.4 Å². The number of cyclic esters (lactones) is 1. The summed E-state index contributed by atoms with van der Waals surface area (Å²) in [7, 11) is 7.56. The molecule has 0 aromatic rings. The van der Waals surface area contributed by atoms with Gasteiger partial charge in [0.05, 0.1) is 23.9 Å². The average Bonchev–Trinajstić information content (AvgIpc) is 2.96. The van der Waals surface area contributed by atoms with E-state index in [0.29, 0.717) is 19.4 Å². The summed E-state index contributed by atoms with van der Waals surface area (Å²) in [5.41, 5.74) is -1.14. The lowest BCUT2D eigenvalue weighted by atomic mass is 9.74. The van der Waals surface area contributed by atoms with E-state index in [9.17, 15) is 14.7 Å². The fourth-order valence-electron chi connectivity index (χ4n) is 7.74. The van der Waals surface area contributed by atoms with Gasteiger partial charge in [0.15, 0.2) is 12.1 Å². The minimum atomic E-state index is -1.44. The van der Waals surface area contributed by atoms with E-state index in [1.54, 1.807) is 27.9 Å². The number of rotatable bonds is 7. The number of hydrogen-bond acceptors (Lipinski definition) is 10. The number of ether oxygens (including phenoxy) is 4. The van der Waals surface area contributed by atoms with Crippen LogP contribution in [0.3, 0.4) is 0 Å². The van der Waals surface area contributed by atoms with Gasteiger partial charge in [0.2, 0.25) is 0 Å². The van der Waals surface area contributed by atoms with Crippen LogP contribution in [0.2, 0.25) is 0 Å². The van der Waals surface area contributed by atoms with Crippen molar-refractivity contribution < 1.29 is 33.6 Å². The van der Waals surface area contributed by atoms with Gasteiger partial charge in [-0.05, 0) is 80.9 Å². The first kappa shape index (κ1) is 37.8. The van der Waals surface area contributed by atoms with Gasteiger partial charge in [-0.1, -0.05) is 31.6 Å². The summed E-state index contributed by atoms with van der Waals surface area (Å²) in [6.07, 6.45) is 2.92. The third-order valence-corrected chi connectivity index (χ3v) is 10.3. The molecule has 10 heteroatoms. The van der Waals surface area contributed by atoms with Crippen molar-refractivity contribution in [2.24, 2.45) is 17.3 Å². The van der Waals surface area contributed by atoms with E-state index in [1.807, 2.05) is 45.8 Å². The molecule has 2 saturated heterocycles. The fraction of sp³-hybridized carbons (Fsp3) is 0.829. The molecule has 1 unspecified atom stereocenters. The van der Waals surface area contributed by atoms with Gasteiger partial charge in [-0.3, -0.25) is 19.4 Å². The zero-order valence-electron chi connectivity index (χ0n) is 29.7. The Morgan fingerprint density at radius 3 is 2.40 bits per heavy atom. The number of carbonyl (C=O) groups is 2. The quantitative estimate of drug-likeness (QED) is 0.254. The molecule has 0 aromatic carbocycles. The van der Waals surface area contributed by atoms with E-state index in [1.165, 1.54) is 5.57 Å². The average molecular weight is 636 g/mol. The van der Waals surface area contributed by atoms with Gasteiger partial charge in [0.25, 0.3) is 0 Å². The standard InChI is InChI=1S/C35H61N3O7/c1-13-16-38-17-14-26(15-18-38)28-25(5)44-33(41)34(6,7)30(40)24(4)31(35(8,42-12)20-22(2)21-37(28)11)45-32-29(39)27(36(9)10)19-23(3)43-32/h13-14,22-25,27-29,31-32,39H,1,15-21H2,2-12H3/t22-,23-,24+,25-,27+,28?,29-,31-,32+,35-/m1/s1. The number of methoxy groups -OCH3 is 1. The lowest BCUT2D eigenvalue weighted by Gasteiger charge is -2.47. The highest BCUT2D eigenvalue weighted by molar-refractivity contribution is 6.04. The topological polar surface area (TPSA) is 101 Å². The van der Waals surface area contributed by atoms with Crippen LogP contribution in [0.25, 0.3) is 0 Å². The smallest absolute Gasteiger partial charge is 0.319 e. The highest BCUT2D eigenvalue weighted by Gasteiger charge is 2.52. The molecule has 0 amide bonds. The van der Waals surface area contributed by atoms with Gasteiger partial charge in [0, 0.05) is 45.2 Å². The third-order valence-electron chi connectivity index (χ3n) is 10.3. The molecule has 3 rings (SSSR count). The molecule has 10 atom stereocenters. The van der Waals surface area contributed by atoms with Crippen LogP contribution in [0, 0.1) is 17.3 Å². The molecule has 2 fully saturated rings. The van der Waals surface area contributed by atoms with Crippen LogP contribution in [-0.4, -0.2) is 134 Å². The first-order chi connectivity index (χ1) is 21.0. The van der Waals surface area contributed by atoms with Crippen molar-refractivity contribution in [3.05, 3.63) is 24.3 Å². The van der Waals surface area contributed by atoms with Crippen molar-refractivity contribution in [1.29, 1.82) is 0 Å². The molecule has 0 aliphatic carbocycles.